The van der Waals surface area contributed by atoms with Crippen LogP contribution in [-0.4, -0.2) is 77.5 Å². The molecule has 1 fully saturated rings. The van der Waals surface area contributed by atoms with Crippen LogP contribution < -0.4 is 5.73 Å². The van der Waals surface area contributed by atoms with E-state index in [1.807, 2.05) is 13.1 Å². The van der Waals surface area contributed by atoms with Gasteiger partial charge in [-0.05, 0) is 36.3 Å². The Hall–Kier alpha value is -1.63. The zero-order valence-electron chi connectivity index (χ0n) is 24.2. The average Bonchev–Trinajstić information content (AvgIpc) is 3.40. The third kappa shape index (κ3) is 5.51. The lowest BCUT2D eigenvalue weighted by Crippen LogP contribution is -2.59. The van der Waals surface area contributed by atoms with E-state index in [0.717, 1.165) is 5.41 Å². The lowest BCUT2D eigenvalue weighted by atomic mass is 9.89. The number of hydrogen-bond donors (Lipinski definition) is 1. The van der Waals surface area contributed by atoms with E-state index in [2.05, 4.69) is 64.9 Å². The fourth-order valence-corrected chi connectivity index (χ4v) is 7.31. The van der Waals surface area contributed by atoms with Crippen LogP contribution in [-0.2, 0) is 32.6 Å². The molecule has 0 radical (unpaired) electrons. The zero-order valence-corrected chi connectivity index (χ0v) is 27.0. The van der Waals surface area contributed by atoms with Gasteiger partial charge in [-0.25, -0.2) is 13.7 Å². The second-order valence-corrected chi connectivity index (χ2v) is 23.9. The number of aromatic nitrogens is 3. The zero-order chi connectivity index (χ0) is 29.1. The van der Waals surface area contributed by atoms with E-state index >= 15 is 0 Å². The largest absolute Gasteiger partial charge is 0.464 e. The number of esters is 1. The number of rotatable bonds is 7. The molecule has 2 unspecified atom stereocenters. The van der Waals surface area contributed by atoms with Gasteiger partial charge in [0.05, 0.1) is 31.0 Å². The van der Waals surface area contributed by atoms with Crippen LogP contribution in [0.5, 0.6) is 0 Å². The van der Waals surface area contributed by atoms with Crippen molar-refractivity contribution in [2.75, 3.05) is 13.7 Å². The number of carbonyl (C=O) groups excluding carboxylic acids is 1. The van der Waals surface area contributed by atoms with Gasteiger partial charge in [-0.15, -0.1) is 5.10 Å². The summed E-state index contributed by atoms with van der Waals surface area (Å²) in [4.78, 5) is 12.1. The van der Waals surface area contributed by atoms with E-state index < -0.39 is 56.8 Å². The highest BCUT2D eigenvalue weighted by Crippen LogP contribution is 2.52. The molecule has 0 amide bonds. The highest BCUT2D eigenvalue weighted by Gasteiger charge is 2.67. The molecule has 4 atom stereocenters. The monoisotopic (exact) mass is 590 g/mol. The van der Waals surface area contributed by atoms with Gasteiger partial charge in [0.15, 0.2) is 34.2 Å². The van der Waals surface area contributed by atoms with Crippen molar-refractivity contribution < 1.29 is 35.7 Å². The van der Waals surface area contributed by atoms with E-state index in [9.17, 15) is 13.2 Å². The van der Waals surface area contributed by atoms with Gasteiger partial charge in [-0.2, -0.15) is 8.42 Å². The first-order valence-electron chi connectivity index (χ1n) is 12.5. The lowest BCUT2D eigenvalue weighted by Gasteiger charge is -2.43. The summed E-state index contributed by atoms with van der Waals surface area (Å²) in [6.07, 6.45) is -1.66. The van der Waals surface area contributed by atoms with Crippen LogP contribution in [0.2, 0.25) is 36.3 Å². The smallest absolute Gasteiger partial charge is 0.360 e. The van der Waals surface area contributed by atoms with Crippen LogP contribution in [0.1, 0.15) is 58.3 Å². The maximum atomic E-state index is 12.8. The summed E-state index contributed by atoms with van der Waals surface area (Å²) in [5.41, 5.74) is 4.66. The van der Waals surface area contributed by atoms with Crippen LogP contribution >= 0.6 is 0 Å². The third-order valence-electron chi connectivity index (χ3n) is 8.24. The fourth-order valence-electron chi connectivity index (χ4n) is 3.80. The number of carbonyl (C=O) groups is 1. The molecule has 0 aromatic carbocycles. The molecular formula is C23H42N4O8SSi2. The molecule has 1 spiro atoms. The Morgan fingerprint density at radius 1 is 1.13 bits per heavy atom. The van der Waals surface area contributed by atoms with Crippen molar-refractivity contribution in [2.45, 2.75) is 102 Å². The molecule has 1 aromatic heterocycles. The Labute approximate surface area is 227 Å². The first-order valence-corrected chi connectivity index (χ1v) is 19.8. The molecule has 0 bridgehead atoms. The standard InChI is InChI=1S/C23H42N4O8SSi2/c1-21(2,3)37(8,9)32-13-17-23(16(24)14-36(29,30)35-23)18(34-38(10,11)22(4,5)6)19(33-17)27-12-15(25-26-27)20(28)31-7/h12,14,17-19H,13,24H2,1-11H3/t17?,18-,19+,23?/m0/s1. The number of methoxy groups -OCH3 is 1. The molecule has 12 nitrogen and oxygen atoms in total. The lowest BCUT2D eigenvalue weighted by molar-refractivity contribution is -0.0595. The van der Waals surface area contributed by atoms with Gasteiger partial charge >= 0.3 is 5.97 Å². The Kier molecular flexibility index (Phi) is 7.95. The van der Waals surface area contributed by atoms with E-state index in [-0.39, 0.29) is 28.1 Å². The Bertz CT molecular complexity index is 1200. The summed E-state index contributed by atoms with van der Waals surface area (Å²) in [6, 6.07) is 0. The van der Waals surface area contributed by atoms with Crippen molar-refractivity contribution in [1.82, 2.24) is 15.0 Å². The van der Waals surface area contributed by atoms with E-state index in [4.69, 9.17) is 28.2 Å². The Morgan fingerprint density at radius 2 is 1.71 bits per heavy atom. The molecule has 2 aliphatic rings. The number of nitrogens with zero attached hydrogens (tertiary/aromatic N) is 3. The molecule has 15 heteroatoms. The summed E-state index contributed by atoms with van der Waals surface area (Å²) >= 11 is 0. The van der Waals surface area contributed by atoms with Crippen LogP contribution in [0.4, 0.5) is 0 Å². The SMILES string of the molecule is COC(=O)c1cn([C@@H]2OC(CO[Si](C)(C)C(C)(C)C)C3(OS(=O)(=O)C=C3N)[C@H]2O[Si](C)(C)C(C)(C)C)nn1. The summed E-state index contributed by atoms with van der Waals surface area (Å²) in [6.45, 7) is 20.7. The molecule has 1 saturated heterocycles. The predicted octanol–water partition coefficient (Wildman–Crippen LogP) is 3.27. The molecule has 0 saturated carbocycles. The van der Waals surface area contributed by atoms with Gasteiger partial charge < -0.3 is 24.1 Å². The molecular weight excluding hydrogens is 549 g/mol. The van der Waals surface area contributed by atoms with Crippen LogP contribution in [0, 0.1) is 0 Å². The third-order valence-corrected chi connectivity index (χ3v) is 18.2. The Balaban J connectivity index is 2.16. The maximum absolute atomic E-state index is 12.8. The molecule has 2 N–H and O–H groups in total. The van der Waals surface area contributed by atoms with Crippen molar-refractivity contribution in [1.29, 1.82) is 0 Å². The topological polar surface area (TPSA) is 154 Å². The number of hydrogen-bond acceptors (Lipinski definition) is 11. The molecule has 3 heterocycles. The van der Waals surface area contributed by atoms with E-state index in [0.29, 0.717) is 0 Å². The van der Waals surface area contributed by atoms with Gasteiger partial charge in [0, 0.05) is 0 Å². The minimum atomic E-state index is -4.14. The van der Waals surface area contributed by atoms with Crippen molar-refractivity contribution in [3.8, 4) is 0 Å². The number of nitrogens with two attached hydrogens (primary N) is 1. The summed E-state index contributed by atoms with van der Waals surface area (Å²) in [5, 5.41) is 8.54. The van der Waals surface area contributed by atoms with Crippen molar-refractivity contribution in [3.63, 3.8) is 0 Å². The minimum absolute atomic E-state index is 0.00691. The average molecular weight is 591 g/mol. The van der Waals surface area contributed by atoms with Crippen molar-refractivity contribution >= 4 is 32.7 Å². The molecule has 216 valence electrons. The number of ether oxygens (including phenoxy) is 2. The minimum Gasteiger partial charge on any atom is -0.464 e. The summed E-state index contributed by atoms with van der Waals surface area (Å²) in [5.74, 6) is -0.678. The molecule has 38 heavy (non-hydrogen) atoms. The second kappa shape index (κ2) is 9.78. The highest BCUT2D eigenvalue weighted by molar-refractivity contribution is 7.90. The Morgan fingerprint density at radius 3 is 2.18 bits per heavy atom. The van der Waals surface area contributed by atoms with E-state index in [1.165, 1.54) is 18.0 Å². The first-order chi connectivity index (χ1) is 17.1. The van der Waals surface area contributed by atoms with Gasteiger partial charge in [-0.1, -0.05) is 46.8 Å². The van der Waals surface area contributed by atoms with Gasteiger partial charge in [0.2, 0.25) is 0 Å². The van der Waals surface area contributed by atoms with Gasteiger partial charge in [0.1, 0.15) is 12.2 Å². The first kappa shape index (κ1) is 30.9. The van der Waals surface area contributed by atoms with E-state index in [1.54, 1.807) is 0 Å². The van der Waals surface area contributed by atoms with Gasteiger partial charge in [0.25, 0.3) is 10.1 Å². The molecule has 2 aliphatic heterocycles. The van der Waals surface area contributed by atoms with Crippen molar-refractivity contribution in [3.05, 3.63) is 23.0 Å². The summed E-state index contributed by atoms with van der Waals surface area (Å²) in [7, 11) is -7.77. The molecule has 3 rings (SSSR count). The quantitative estimate of drug-likeness (QED) is 0.283. The second-order valence-electron chi connectivity index (χ2n) is 12.9. The van der Waals surface area contributed by atoms with Crippen molar-refractivity contribution in [2.24, 2.45) is 5.73 Å². The molecule has 1 aromatic rings. The highest BCUT2D eigenvalue weighted by atomic mass is 32.2. The van der Waals surface area contributed by atoms with Gasteiger partial charge in [-0.3, -0.25) is 0 Å². The normalized spacial score (nSPS) is 28.1. The molecule has 0 aliphatic carbocycles. The summed E-state index contributed by atoms with van der Waals surface area (Å²) < 4.78 is 57.2. The van der Waals surface area contributed by atoms with Crippen LogP contribution in [0.25, 0.3) is 0 Å². The van der Waals surface area contributed by atoms with Crippen LogP contribution in [0.3, 0.4) is 0 Å². The maximum Gasteiger partial charge on any atom is 0.360 e. The predicted molar refractivity (Wildman–Crippen MR) is 145 cm³/mol. The fraction of sp³-hybridized carbons (Fsp3) is 0.783. The van der Waals surface area contributed by atoms with Crippen LogP contribution in [0.15, 0.2) is 17.3 Å².